The van der Waals surface area contributed by atoms with Gasteiger partial charge in [0.25, 0.3) is 5.91 Å². The normalized spacial score (nSPS) is 11.4. The van der Waals surface area contributed by atoms with Crippen LogP contribution < -0.4 is 5.32 Å². The smallest absolute Gasteiger partial charge is 0.251 e. The number of rotatable bonds is 17. The number of nitrogens with one attached hydrogen (secondary N) is 1. The summed E-state index contributed by atoms with van der Waals surface area (Å²) in [6.45, 7) is 16.1. The molecular weight excluding hydrogens is 486 g/mol. The maximum atomic E-state index is 13.1. The molecule has 0 fully saturated rings. The molecule has 0 aliphatic heterocycles. The minimum absolute atomic E-state index is 0.0731. The molecular formula is C33H53N3O3. The molecule has 39 heavy (non-hydrogen) atoms. The van der Waals surface area contributed by atoms with Gasteiger partial charge in [0, 0.05) is 25.1 Å². The zero-order valence-electron chi connectivity index (χ0n) is 25.1. The molecule has 0 saturated heterocycles. The summed E-state index contributed by atoms with van der Waals surface area (Å²) in [5, 5.41) is 12.4. The number of hydrogen-bond acceptors (Lipinski definition) is 4. The van der Waals surface area contributed by atoms with E-state index in [-0.39, 0.29) is 17.6 Å². The summed E-state index contributed by atoms with van der Waals surface area (Å²) in [5.41, 5.74) is 1.41. The van der Waals surface area contributed by atoms with Gasteiger partial charge >= 0.3 is 0 Å². The molecule has 2 aromatic carbocycles. The zero-order valence-corrected chi connectivity index (χ0v) is 25.1. The Morgan fingerprint density at radius 2 is 1.28 bits per heavy atom. The highest BCUT2D eigenvalue weighted by Gasteiger charge is 2.26. The summed E-state index contributed by atoms with van der Waals surface area (Å²) in [4.78, 5) is 30.2. The average Bonchev–Trinajstić information content (AvgIpc) is 2.94. The largest absolute Gasteiger partial charge is 0.508 e. The molecule has 0 aliphatic rings. The van der Waals surface area contributed by atoms with Crippen LogP contribution in [0.1, 0.15) is 95.5 Å². The maximum absolute atomic E-state index is 13.1. The number of unbranched alkanes of at least 4 members (excludes halogenated alkanes) is 2. The first-order valence-corrected chi connectivity index (χ1v) is 15.0. The molecule has 6 heteroatoms. The van der Waals surface area contributed by atoms with Gasteiger partial charge in [0.1, 0.15) is 11.8 Å². The van der Waals surface area contributed by atoms with E-state index in [9.17, 15) is 14.7 Å². The SMILES string of the molecule is CCCCCN(CCC)CCC.CCCN(CCC)C(=O)[C@H](Cc1ccc(O)cc1)NC(=O)c1ccccc1. The van der Waals surface area contributed by atoms with Gasteiger partial charge in [-0.2, -0.15) is 0 Å². The van der Waals surface area contributed by atoms with Gasteiger partial charge in [-0.25, -0.2) is 0 Å². The Balaban J connectivity index is 0.000000534. The molecule has 6 nitrogen and oxygen atoms in total. The molecule has 2 rings (SSSR count). The van der Waals surface area contributed by atoms with Crippen molar-refractivity contribution in [2.75, 3.05) is 32.7 Å². The number of amides is 2. The van der Waals surface area contributed by atoms with Crippen molar-refractivity contribution in [1.82, 2.24) is 15.1 Å². The number of aromatic hydroxyl groups is 1. The molecule has 2 aromatic rings. The van der Waals surface area contributed by atoms with E-state index in [4.69, 9.17) is 0 Å². The van der Waals surface area contributed by atoms with Gasteiger partial charge < -0.3 is 20.2 Å². The van der Waals surface area contributed by atoms with Crippen LogP contribution in [-0.4, -0.2) is 65.5 Å². The molecule has 2 N–H and O–H groups in total. The molecule has 0 radical (unpaired) electrons. The van der Waals surface area contributed by atoms with E-state index in [0.717, 1.165) is 18.4 Å². The number of carbonyl (C=O) groups excluding carboxylic acids is 2. The van der Waals surface area contributed by atoms with E-state index in [2.05, 4.69) is 31.0 Å². The van der Waals surface area contributed by atoms with Crippen LogP contribution >= 0.6 is 0 Å². The van der Waals surface area contributed by atoms with Crippen LogP contribution in [0.2, 0.25) is 0 Å². The first-order chi connectivity index (χ1) is 18.9. The highest BCUT2D eigenvalue weighted by Crippen LogP contribution is 2.13. The lowest BCUT2D eigenvalue weighted by Crippen LogP contribution is -2.50. The second-order valence-electron chi connectivity index (χ2n) is 10.1. The van der Waals surface area contributed by atoms with Gasteiger partial charge in [0.05, 0.1) is 0 Å². The van der Waals surface area contributed by atoms with E-state index in [1.165, 1.54) is 51.7 Å². The molecule has 0 heterocycles. The summed E-state index contributed by atoms with van der Waals surface area (Å²) < 4.78 is 0. The first kappa shape index (κ1) is 34.2. The Morgan fingerprint density at radius 3 is 1.79 bits per heavy atom. The van der Waals surface area contributed by atoms with Gasteiger partial charge in [0.15, 0.2) is 0 Å². The fourth-order valence-electron chi connectivity index (χ4n) is 4.54. The van der Waals surface area contributed by atoms with Gasteiger partial charge in [0.2, 0.25) is 5.91 Å². The Labute approximate surface area is 237 Å². The van der Waals surface area contributed by atoms with Crippen LogP contribution in [0.4, 0.5) is 0 Å². The van der Waals surface area contributed by atoms with Gasteiger partial charge in [-0.15, -0.1) is 0 Å². The second kappa shape index (κ2) is 21.0. The fourth-order valence-corrected chi connectivity index (χ4v) is 4.54. The predicted octanol–water partition coefficient (Wildman–Crippen LogP) is 6.68. The lowest BCUT2D eigenvalue weighted by Gasteiger charge is -2.27. The summed E-state index contributed by atoms with van der Waals surface area (Å²) in [7, 11) is 0. The molecule has 0 bridgehead atoms. The maximum Gasteiger partial charge on any atom is 0.251 e. The lowest BCUT2D eigenvalue weighted by atomic mass is 10.0. The summed E-state index contributed by atoms with van der Waals surface area (Å²) in [6, 6.07) is 15.0. The lowest BCUT2D eigenvalue weighted by molar-refractivity contribution is -0.133. The Morgan fingerprint density at radius 1 is 0.718 bits per heavy atom. The number of carbonyl (C=O) groups is 2. The highest BCUT2D eigenvalue weighted by molar-refractivity contribution is 5.97. The molecule has 0 aromatic heterocycles. The summed E-state index contributed by atoms with van der Waals surface area (Å²) in [6.07, 6.45) is 8.82. The molecule has 218 valence electrons. The third-order valence-corrected chi connectivity index (χ3v) is 6.47. The fraction of sp³-hybridized carbons (Fsp3) is 0.576. The quantitative estimate of drug-likeness (QED) is 0.220. The van der Waals surface area contributed by atoms with Crippen molar-refractivity contribution < 1.29 is 14.7 Å². The van der Waals surface area contributed by atoms with E-state index < -0.39 is 6.04 Å². The van der Waals surface area contributed by atoms with Crippen LogP contribution in [0.15, 0.2) is 54.6 Å². The van der Waals surface area contributed by atoms with Crippen molar-refractivity contribution in [2.45, 2.75) is 92.0 Å². The summed E-state index contributed by atoms with van der Waals surface area (Å²) in [5.74, 6) is -0.162. The van der Waals surface area contributed by atoms with Gasteiger partial charge in [-0.1, -0.05) is 77.8 Å². The van der Waals surface area contributed by atoms with Crippen molar-refractivity contribution in [2.24, 2.45) is 0 Å². The van der Waals surface area contributed by atoms with Crippen molar-refractivity contribution in [3.63, 3.8) is 0 Å². The van der Waals surface area contributed by atoms with Crippen molar-refractivity contribution in [1.29, 1.82) is 0 Å². The minimum atomic E-state index is -0.652. The second-order valence-corrected chi connectivity index (χ2v) is 10.1. The predicted molar refractivity (Wildman–Crippen MR) is 163 cm³/mol. The average molecular weight is 540 g/mol. The van der Waals surface area contributed by atoms with Crippen molar-refractivity contribution >= 4 is 11.8 Å². The standard InChI is InChI=1S/C22H28N2O3.C11H25N/c1-3-14-24(15-4-2)22(27)20(16-17-10-12-19(25)13-11-17)23-21(26)18-8-6-5-7-9-18;1-4-7-8-11-12(9-5-2)10-6-3/h5-13,20,25H,3-4,14-16H2,1-2H3,(H,23,26);4-11H2,1-3H3/t20-;/m0./s1. The van der Waals surface area contributed by atoms with Crippen molar-refractivity contribution in [3.8, 4) is 5.75 Å². The monoisotopic (exact) mass is 539 g/mol. The molecule has 1 atom stereocenters. The van der Waals surface area contributed by atoms with Crippen LogP contribution in [0.25, 0.3) is 0 Å². The van der Waals surface area contributed by atoms with E-state index in [0.29, 0.717) is 25.1 Å². The molecule has 0 unspecified atom stereocenters. The van der Waals surface area contributed by atoms with Crippen LogP contribution in [-0.2, 0) is 11.2 Å². The minimum Gasteiger partial charge on any atom is -0.508 e. The zero-order chi connectivity index (χ0) is 28.9. The summed E-state index contributed by atoms with van der Waals surface area (Å²) >= 11 is 0. The van der Waals surface area contributed by atoms with E-state index in [1.807, 2.05) is 24.8 Å². The van der Waals surface area contributed by atoms with Gasteiger partial charge in [-0.05, 0) is 81.6 Å². The number of hydrogen-bond donors (Lipinski definition) is 2. The van der Waals surface area contributed by atoms with E-state index >= 15 is 0 Å². The third-order valence-electron chi connectivity index (χ3n) is 6.47. The third kappa shape index (κ3) is 14.2. The Bertz CT molecular complexity index is 890. The molecule has 0 aliphatic carbocycles. The van der Waals surface area contributed by atoms with Crippen LogP contribution in [0.5, 0.6) is 5.75 Å². The Hall–Kier alpha value is -2.86. The number of nitrogens with zero attached hydrogens (tertiary/aromatic N) is 2. The molecule has 2 amide bonds. The van der Waals surface area contributed by atoms with E-state index in [1.54, 1.807) is 48.5 Å². The topological polar surface area (TPSA) is 72.9 Å². The Kier molecular flexibility index (Phi) is 18.4. The number of benzene rings is 2. The van der Waals surface area contributed by atoms with Crippen LogP contribution in [0.3, 0.4) is 0 Å². The van der Waals surface area contributed by atoms with Gasteiger partial charge in [-0.3, -0.25) is 9.59 Å². The van der Waals surface area contributed by atoms with Crippen LogP contribution in [0, 0.1) is 0 Å². The molecule has 0 saturated carbocycles. The number of phenols is 1. The molecule has 0 spiro atoms. The number of phenolic OH excluding ortho intramolecular Hbond substituents is 1. The van der Waals surface area contributed by atoms with Crippen molar-refractivity contribution in [3.05, 3.63) is 65.7 Å². The first-order valence-electron chi connectivity index (χ1n) is 15.0. The highest BCUT2D eigenvalue weighted by atomic mass is 16.3.